The van der Waals surface area contributed by atoms with E-state index in [-0.39, 0.29) is 5.69 Å². The first kappa shape index (κ1) is 16.6. The Morgan fingerprint density at radius 3 is 2.88 bits per heavy atom. The first-order valence-corrected chi connectivity index (χ1v) is 9.08. The maximum Gasteiger partial charge on any atom is 0.343 e. The van der Waals surface area contributed by atoms with Gasteiger partial charge in [0.05, 0.1) is 5.75 Å². The number of aromatic nitrogens is 5. The van der Waals surface area contributed by atoms with E-state index in [2.05, 4.69) is 38.8 Å². The fourth-order valence-corrected chi connectivity index (χ4v) is 3.40. The number of thioether (sulfide) groups is 1. The van der Waals surface area contributed by atoms with Crippen LogP contribution < -0.4 is 5.69 Å². The van der Waals surface area contributed by atoms with Gasteiger partial charge in [0.1, 0.15) is 5.82 Å². The van der Waals surface area contributed by atoms with Crippen molar-refractivity contribution in [1.82, 2.24) is 24.3 Å². The standard InChI is InChI=1S/C17H21N5OS/c1-2-3-10-22-16(23)19-20-17(22)24-13-15-18-9-11-21(15)12-14-7-5-4-6-8-14/h4-9,11H,2-3,10,12-13H2,1H3,(H,19,23). The number of nitrogens with zero attached hydrogens (tertiary/aromatic N) is 4. The molecule has 0 bridgehead atoms. The maximum atomic E-state index is 11.8. The van der Waals surface area contributed by atoms with Crippen molar-refractivity contribution in [2.45, 2.75) is 43.8 Å². The second-order valence-corrected chi connectivity index (χ2v) is 6.50. The Hall–Kier alpha value is -2.28. The van der Waals surface area contributed by atoms with Gasteiger partial charge in [-0.1, -0.05) is 55.4 Å². The number of hydrogen-bond donors (Lipinski definition) is 1. The molecule has 3 rings (SSSR count). The van der Waals surface area contributed by atoms with Crippen LogP contribution in [0.2, 0.25) is 0 Å². The molecule has 0 radical (unpaired) electrons. The minimum absolute atomic E-state index is 0.140. The normalized spacial score (nSPS) is 11.0. The number of H-pyrrole nitrogens is 1. The Morgan fingerprint density at radius 1 is 1.25 bits per heavy atom. The molecule has 7 heteroatoms. The summed E-state index contributed by atoms with van der Waals surface area (Å²) in [6, 6.07) is 10.3. The number of benzene rings is 1. The molecule has 0 aliphatic heterocycles. The summed E-state index contributed by atoms with van der Waals surface area (Å²) >= 11 is 1.54. The van der Waals surface area contributed by atoms with Crippen molar-refractivity contribution >= 4 is 11.8 Å². The number of rotatable bonds is 8. The highest BCUT2D eigenvalue weighted by molar-refractivity contribution is 7.98. The smallest absolute Gasteiger partial charge is 0.330 e. The van der Waals surface area contributed by atoms with E-state index in [1.165, 1.54) is 17.3 Å². The molecule has 126 valence electrons. The van der Waals surface area contributed by atoms with Crippen LogP contribution >= 0.6 is 11.8 Å². The van der Waals surface area contributed by atoms with Gasteiger partial charge < -0.3 is 4.57 Å². The van der Waals surface area contributed by atoms with Crippen molar-refractivity contribution in [3.05, 3.63) is 64.6 Å². The molecule has 0 atom stereocenters. The van der Waals surface area contributed by atoms with Crippen LogP contribution in [-0.4, -0.2) is 24.3 Å². The van der Waals surface area contributed by atoms with Crippen LogP contribution in [0.3, 0.4) is 0 Å². The first-order valence-electron chi connectivity index (χ1n) is 8.10. The Morgan fingerprint density at radius 2 is 2.08 bits per heavy atom. The van der Waals surface area contributed by atoms with Gasteiger partial charge in [0.25, 0.3) is 0 Å². The van der Waals surface area contributed by atoms with Crippen LogP contribution in [0.25, 0.3) is 0 Å². The van der Waals surface area contributed by atoms with E-state index in [0.717, 1.165) is 30.4 Å². The zero-order chi connectivity index (χ0) is 16.8. The summed E-state index contributed by atoms with van der Waals surface area (Å²) in [5.74, 6) is 1.65. The average Bonchev–Trinajstić information content (AvgIpc) is 3.18. The number of hydrogen-bond acceptors (Lipinski definition) is 4. The van der Waals surface area contributed by atoms with Gasteiger partial charge in [-0.2, -0.15) is 0 Å². The lowest BCUT2D eigenvalue weighted by Gasteiger charge is -2.08. The van der Waals surface area contributed by atoms with Gasteiger partial charge in [-0.3, -0.25) is 4.57 Å². The Balaban J connectivity index is 1.68. The number of imidazole rings is 1. The fraction of sp³-hybridized carbons (Fsp3) is 0.353. The minimum atomic E-state index is -0.140. The number of nitrogens with one attached hydrogen (secondary N) is 1. The van der Waals surface area contributed by atoms with Crippen LogP contribution in [0.5, 0.6) is 0 Å². The van der Waals surface area contributed by atoms with Crippen molar-refractivity contribution in [1.29, 1.82) is 0 Å². The lowest BCUT2D eigenvalue weighted by atomic mass is 10.2. The molecule has 0 fully saturated rings. The number of unbranched alkanes of at least 4 members (excludes halogenated alkanes) is 1. The van der Waals surface area contributed by atoms with E-state index in [1.807, 2.05) is 30.6 Å². The van der Waals surface area contributed by atoms with Crippen molar-refractivity contribution in [2.75, 3.05) is 0 Å². The average molecular weight is 343 g/mol. The molecule has 0 amide bonds. The molecule has 2 heterocycles. The zero-order valence-corrected chi connectivity index (χ0v) is 14.5. The molecule has 0 aliphatic rings. The Bertz CT molecular complexity index is 821. The van der Waals surface area contributed by atoms with E-state index >= 15 is 0 Å². The third-order valence-corrected chi connectivity index (χ3v) is 4.76. The topological polar surface area (TPSA) is 68.5 Å². The molecule has 1 N–H and O–H groups in total. The summed E-state index contributed by atoms with van der Waals surface area (Å²) < 4.78 is 3.84. The molecule has 0 saturated carbocycles. The summed E-state index contributed by atoms with van der Waals surface area (Å²) in [6.45, 7) is 3.60. The monoisotopic (exact) mass is 343 g/mol. The van der Waals surface area contributed by atoms with Gasteiger partial charge in [-0.05, 0) is 12.0 Å². The van der Waals surface area contributed by atoms with E-state index < -0.39 is 0 Å². The molecule has 0 unspecified atom stereocenters. The third-order valence-electron chi connectivity index (χ3n) is 3.79. The highest BCUT2D eigenvalue weighted by Gasteiger charge is 2.11. The summed E-state index contributed by atoms with van der Waals surface area (Å²) in [6.07, 6.45) is 5.81. The van der Waals surface area contributed by atoms with Crippen molar-refractivity contribution in [3.8, 4) is 0 Å². The van der Waals surface area contributed by atoms with Gasteiger partial charge in [-0.15, -0.1) is 5.10 Å². The highest BCUT2D eigenvalue weighted by Crippen LogP contribution is 2.19. The molecule has 3 aromatic rings. The molecule has 24 heavy (non-hydrogen) atoms. The molecule has 0 aliphatic carbocycles. The van der Waals surface area contributed by atoms with E-state index in [9.17, 15) is 4.79 Å². The van der Waals surface area contributed by atoms with Crippen molar-refractivity contribution < 1.29 is 0 Å². The van der Waals surface area contributed by atoms with Crippen molar-refractivity contribution in [2.24, 2.45) is 0 Å². The van der Waals surface area contributed by atoms with Crippen LogP contribution in [0, 0.1) is 0 Å². The fourth-order valence-electron chi connectivity index (χ4n) is 2.46. The summed E-state index contributed by atoms with van der Waals surface area (Å²) in [7, 11) is 0. The second kappa shape index (κ2) is 8.01. The van der Waals surface area contributed by atoms with Crippen LogP contribution in [-0.2, 0) is 18.8 Å². The largest absolute Gasteiger partial charge is 0.343 e. The van der Waals surface area contributed by atoms with E-state index in [4.69, 9.17) is 0 Å². The molecule has 0 spiro atoms. The number of aromatic amines is 1. The van der Waals surface area contributed by atoms with Gasteiger partial charge in [0.15, 0.2) is 5.16 Å². The zero-order valence-electron chi connectivity index (χ0n) is 13.7. The predicted octanol–water partition coefficient (Wildman–Crippen LogP) is 2.91. The summed E-state index contributed by atoms with van der Waals surface area (Å²) in [4.78, 5) is 16.3. The Labute approximate surface area is 144 Å². The van der Waals surface area contributed by atoms with Crippen LogP contribution in [0.1, 0.15) is 31.2 Å². The summed E-state index contributed by atoms with van der Waals surface area (Å²) in [5.41, 5.74) is 1.10. The summed E-state index contributed by atoms with van der Waals surface area (Å²) in [5, 5.41) is 7.40. The molecule has 6 nitrogen and oxygen atoms in total. The second-order valence-electron chi connectivity index (χ2n) is 5.56. The lowest BCUT2D eigenvalue weighted by molar-refractivity contribution is 0.572. The molecule has 2 aromatic heterocycles. The SMILES string of the molecule is CCCCn1c(SCc2nccn2Cc2ccccc2)n[nH]c1=O. The van der Waals surface area contributed by atoms with Gasteiger partial charge in [0, 0.05) is 25.5 Å². The van der Waals surface area contributed by atoms with Crippen LogP contribution in [0.4, 0.5) is 0 Å². The maximum absolute atomic E-state index is 11.8. The molecular formula is C17H21N5OS. The lowest BCUT2D eigenvalue weighted by Crippen LogP contribution is -2.17. The van der Waals surface area contributed by atoms with Gasteiger partial charge in [0.2, 0.25) is 0 Å². The minimum Gasteiger partial charge on any atom is -0.330 e. The highest BCUT2D eigenvalue weighted by atomic mass is 32.2. The first-order chi connectivity index (χ1) is 11.8. The molecule has 1 aromatic carbocycles. The van der Waals surface area contributed by atoms with Crippen LogP contribution in [0.15, 0.2) is 52.7 Å². The van der Waals surface area contributed by atoms with Gasteiger partial charge in [-0.25, -0.2) is 14.9 Å². The van der Waals surface area contributed by atoms with Gasteiger partial charge >= 0.3 is 5.69 Å². The van der Waals surface area contributed by atoms with E-state index in [1.54, 1.807) is 4.57 Å². The quantitative estimate of drug-likeness (QED) is 0.639. The predicted molar refractivity (Wildman–Crippen MR) is 95.1 cm³/mol. The Kier molecular flexibility index (Phi) is 5.53. The molecular weight excluding hydrogens is 322 g/mol. The third kappa shape index (κ3) is 3.97. The molecule has 0 saturated heterocycles. The van der Waals surface area contributed by atoms with E-state index in [0.29, 0.717) is 12.3 Å². The van der Waals surface area contributed by atoms with Crippen molar-refractivity contribution in [3.63, 3.8) is 0 Å².